The van der Waals surface area contributed by atoms with E-state index >= 15 is 0 Å². The van der Waals surface area contributed by atoms with Gasteiger partial charge in [-0.25, -0.2) is 4.79 Å². The Kier molecular flexibility index (Phi) is 4.24. The van der Waals surface area contributed by atoms with Crippen molar-refractivity contribution in [3.05, 3.63) is 72.6 Å². The summed E-state index contributed by atoms with van der Waals surface area (Å²) in [6, 6.07) is 19.4. The summed E-state index contributed by atoms with van der Waals surface area (Å²) >= 11 is 0. The Bertz CT molecular complexity index is 812. The van der Waals surface area contributed by atoms with E-state index in [1.807, 2.05) is 67.6 Å². The zero-order valence-electron chi connectivity index (χ0n) is 13.2. The minimum absolute atomic E-state index is 0.152. The first-order valence-corrected chi connectivity index (χ1v) is 7.60. The van der Waals surface area contributed by atoms with Crippen molar-refractivity contribution in [2.45, 2.75) is 13.0 Å². The largest absolute Gasteiger partial charge is 0.330 e. The molecule has 2 aromatic carbocycles. The highest BCUT2D eigenvalue weighted by Crippen LogP contribution is 2.26. The molecule has 0 saturated heterocycles. The number of carbonyl (C=O) groups excluding carboxylic acids is 1. The van der Waals surface area contributed by atoms with Crippen LogP contribution in [0.1, 0.15) is 18.7 Å². The number of nitrogens with one attached hydrogen (secondary N) is 1. The number of amides is 2. The van der Waals surface area contributed by atoms with Crippen molar-refractivity contribution in [2.24, 2.45) is 0 Å². The zero-order chi connectivity index (χ0) is 16.2. The van der Waals surface area contributed by atoms with E-state index in [2.05, 4.69) is 10.3 Å². The van der Waals surface area contributed by atoms with Crippen LogP contribution >= 0.6 is 0 Å². The standard InChI is InChI=1S/C19H19N3O/c1-14(17-11-5-6-13-20-17)21-19(23)22(2)18-12-7-9-15-8-3-4-10-16(15)18/h3-14H,1-2H3,(H,21,23). The molecule has 0 aliphatic carbocycles. The fraction of sp³-hybridized carbons (Fsp3) is 0.158. The minimum atomic E-state index is -0.153. The molecule has 0 fully saturated rings. The molecule has 1 unspecified atom stereocenters. The Morgan fingerprint density at radius 2 is 1.78 bits per heavy atom. The number of aromatic nitrogens is 1. The van der Waals surface area contributed by atoms with Gasteiger partial charge in [-0.2, -0.15) is 0 Å². The highest BCUT2D eigenvalue weighted by atomic mass is 16.2. The number of hydrogen-bond donors (Lipinski definition) is 1. The summed E-state index contributed by atoms with van der Waals surface area (Å²) in [5.74, 6) is 0. The first-order chi connectivity index (χ1) is 11.2. The number of urea groups is 1. The Morgan fingerprint density at radius 3 is 2.57 bits per heavy atom. The van der Waals surface area contributed by atoms with Crippen molar-refractivity contribution in [3.8, 4) is 0 Å². The lowest BCUT2D eigenvalue weighted by Crippen LogP contribution is -2.38. The summed E-state index contributed by atoms with van der Waals surface area (Å²) in [6.45, 7) is 1.93. The monoisotopic (exact) mass is 305 g/mol. The fourth-order valence-corrected chi connectivity index (χ4v) is 2.60. The third kappa shape index (κ3) is 3.16. The zero-order valence-corrected chi connectivity index (χ0v) is 13.2. The molecule has 2 amide bonds. The second-order valence-electron chi connectivity index (χ2n) is 5.48. The molecule has 0 saturated carbocycles. The van der Waals surface area contributed by atoms with Gasteiger partial charge in [0.05, 0.1) is 17.4 Å². The first kappa shape index (κ1) is 15.0. The molecule has 4 nitrogen and oxygen atoms in total. The van der Waals surface area contributed by atoms with Crippen molar-refractivity contribution in [1.82, 2.24) is 10.3 Å². The smallest absolute Gasteiger partial charge is 0.322 e. The van der Waals surface area contributed by atoms with E-state index in [0.29, 0.717) is 0 Å². The van der Waals surface area contributed by atoms with Crippen LogP contribution in [0.5, 0.6) is 0 Å². The Labute approximate surface area is 135 Å². The van der Waals surface area contributed by atoms with E-state index in [4.69, 9.17) is 0 Å². The summed E-state index contributed by atoms with van der Waals surface area (Å²) in [4.78, 5) is 18.5. The number of pyridine rings is 1. The van der Waals surface area contributed by atoms with Crippen molar-refractivity contribution < 1.29 is 4.79 Å². The molecule has 4 heteroatoms. The van der Waals surface area contributed by atoms with Crippen LogP contribution in [-0.2, 0) is 0 Å². The van der Waals surface area contributed by atoms with Crippen LogP contribution in [0, 0.1) is 0 Å². The molecular weight excluding hydrogens is 286 g/mol. The summed E-state index contributed by atoms with van der Waals surface area (Å²) in [5, 5.41) is 5.15. The predicted molar refractivity (Wildman–Crippen MR) is 93.5 cm³/mol. The second kappa shape index (κ2) is 6.48. The average Bonchev–Trinajstić information content (AvgIpc) is 2.61. The van der Waals surface area contributed by atoms with E-state index in [-0.39, 0.29) is 12.1 Å². The van der Waals surface area contributed by atoms with Gasteiger partial charge in [-0.3, -0.25) is 9.88 Å². The highest BCUT2D eigenvalue weighted by Gasteiger charge is 2.16. The first-order valence-electron chi connectivity index (χ1n) is 7.60. The molecule has 1 heterocycles. The van der Waals surface area contributed by atoms with E-state index in [1.165, 1.54) is 0 Å². The SMILES string of the molecule is CC(NC(=O)N(C)c1cccc2ccccc12)c1ccccn1. The van der Waals surface area contributed by atoms with Gasteiger partial charge < -0.3 is 5.32 Å². The lowest BCUT2D eigenvalue weighted by atomic mass is 10.1. The third-order valence-electron chi connectivity index (χ3n) is 3.90. The van der Waals surface area contributed by atoms with Gasteiger partial charge in [0.15, 0.2) is 0 Å². The van der Waals surface area contributed by atoms with Gasteiger partial charge in [-0.05, 0) is 30.5 Å². The van der Waals surface area contributed by atoms with Crippen LogP contribution < -0.4 is 10.2 Å². The summed E-state index contributed by atoms with van der Waals surface area (Å²) in [5.41, 5.74) is 1.72. The molecule has 1 aromatic heterocycles. The molecule has 0 spiro atoms. The average molecular weight is 305 g/mol. The molecule has 0 aliphatic heterocycles. The van der Waals surface area contributed by atoms with Crippen LogP contribution in [0.15, 0.2) is 66.9 Å². The van der Waals surface area contributed by atoms with Gasteiger partial charge in [0.1, 0.15) is 0 Å². The quantitative estimate of drug-likeness (QED) is 0.790. The maximum absolute atomic E-state index is 12.6. The topological polar surface area (TPSA) is 45.2 Å². The van der Waals surface area contributed by atoms with Crippen LogP contribution in [0.4, 0.5) is 10.5 Å². The summed E-state index contributed by atoms with van der Waals surface area (Å²) in [7, 11) is 1.78. The molecule has 23 heavy (non-hydrogen) atoms. The van der Waals surface area contributed by atoms with Gasteiger partial charge in [-0.15, -0.1) is 0 Å². The normalized spacial score (nSPS) is 11.9. The third-order valence-corrected chi connectivity index (χ3v) is 3.90. The molecule has 1 N–H and O–H groups in total. The van der Waals surface area contributed by atoms with Crippen LogP contribution in [0.2, 0.25) is 0 Å². The van der Waals surface area contributed by atoms with Gasteiger partial charge >= 0.3 is 6.03 Å². The minimum Gasteiger partial charge on any atom is -0.330 e. The number of hydrogen-bond acceptors (Lipinski definition) is 2. The number of rotatable bonds is 3. The van der Waals surface area contributed by atoms with Gasteiger partial charge in [0.25, 0.3) is 0 Å². The number of nitrogens with zero attached hydrogens (tertiary/aromatic N) is 2. The molecule has 0 radical (unpaired) electrons. The van der Waals surface area contributed by atoms with E-state index in [9.17, 15) is 4.79 Å². The Morgan fingerprint density at radius 1 is 1.04 bits per heavy atom. The van der Waals surface area contributed by atoms with Crippen molar-refractivity contribution in [2.75, 3.05) is 11.9 Å². The Balaban J connectivity index is 1.82. The molecule has 116 valence electrons. The van der Waals surface area contributed by atoms with Crippen LogP contribution in [0.3, 0.4) is 0 Å². The number of fused-ring (bicyclic) bond motifs is 1. The van der Waals surface area contributed by atoms with E-state index in [1.54, 1.807) is 18.1 Å². The maximum atomic E-state index is 12.6. The van der Waals surface area contributed by atoms with Gasteiger partial charge in [0.2, 0.25) is 0 Å². The van der Waals surface area contributed by atoms with Gasteiger partial charge in [0, 0.05) is 18.6 Å². The van der Waals surface area contributed by atoms with Gasteiger partial charge in [-0.1, -0.05) is 42.5 Å². The molecular formula is C19H19N3O. The lowest BCUT2D eigenvalue weighted by Gasteiger charge is -2.22. The maximum Gasteiger partial charge on any atom is 0.322 e. The van der Waals surface area contributed by atoms with Crippen LogP contribution in [0.25, 0.3) is 10.8 Å². The molecule has 0 bridgehead atoms. The second-order valence-corrected chi connectivity index (χ2v) is 5.48. The molecule has 3 rings (SSSR count). The molecule has 3 aromatic rings. The summed E-state index contributed by atoms with van der Waals surface area (Å²) < 4.78 is 0. The number of benzene rings is 2. The fourth-order valence-electron chi connectivity index (χ4n) is 2.60. The molecule has 0 aliphatic rings. The Hall–Kier alpha value is -2.88. The number of carbonyl (C=O) groups is 1. The van der Waals surface area contributed by atoms with Crippen molar-refractivity contribution in [3.63, 3.8) is 0 Å². The number of anilines is 1. The van der Waals surface area contributed by atoms with Crippen LogP contribution in [-0.4, -0.2) is 18.1 Å². The van der Waals surface area contributed by atoms with E-state index in [0.717, 1.165) is 22.2 Å². The predicted octanol–water partition coefficient (Wildman–Crippen LogP) is 4.14. The molecule has 1 atom stereocenters. The van der Waals surface area contributed by atoms with Crippen molar-refractivity contribution >= 4 is 22.5 Å². The highest BCUT2D eigenvalue weighted by molar-refractivity contribution is 6.02. The van der Waals surface area contributed by atoms with E-state index < -0.39 is 0 Å². The summed E-state index contributed by atoms with van der Waals surface area (Å²) in [6.07, 6.45) is 1.73. The van der Waals surface area contributed by atoms with Crippen molar-refractivity contribution in [1.29, 1.82) is 0 Å². The lowest BCUT2D eigenvalue weighted by molar-refractivity contribution is 0.244.